The summed E-state index contributed by atoms with van der Waals surface area (Å²) in [5.41, 5.74) is 0.938. The molecule has 0 spiro atoms. The highest BCUT2D eigenvalue weighted by Crippen LogP contribution is 2.20. The van der Waals surface area contributed by atoms with Crippen molar-refractivity contribution in [1.29, 1.82) is 0 Å². The summed E-state index contributed by atoms with van der Waals surface area (Å²) in [6, 6.07) is 1.98. The summed E-state index contributed by atoms with van der Waals surface area (Å²) < 4.78 is 5.66. The number of aromatic nitrogens is 2. The van der Waals surface area contributed by atoms with Gasteiger partial charge in [-0.1, -0.05) is 6.92 Å². The SMILES string of the molecule is CCCNc1nc(C)cc(N2CC(C)OC(CO)C2)n1. The molecule has 0 amide bonds. The van der Waals surface area contributed by atoms with Crippen molar-refractivity contribution in [3.05, 3.63) is 11.8 Å². The molecule has 2 rings (SSSR count). The van der Waals surface area contributed by atoms with Crippen LogP contribution in [0, 0.1) is 6.92 Å². The Bertz CT molecular complexity index is 441. The highest BCUT2D eigenvalue weighted by molar-refractivity contribution is 5.45. The summed E-state index contributed by atoms with van der Waals surface area (Å²) in [7, 11) is 0. The van der Waals surface area contributed by atoms with Crippen molar-refractivity contribution < 1.29 is 9.84 Å². The summed E-state index contributed by atoms with van der Waals surface area (Å²) >= 11 is 0. The second-order valence-electron chi connectivity index (χ2n) is 5.27. The smallest absolute Gasteiger partial charge is 0.224 e. The predicted octanol–water partition coefficient (Wildman–Crippen LogP) is 1.19. The number of aliphatic hydroxyl groups excluding tert-OH is 1. The van der Waals surface area contributed by atoms with Crippen LogP contribution in [-0.2, 0) is 4.74 Å². The van der Waals surface area contributed by atoms with E-state index in [9.17, 15) is 5.11 Å². The normalized spacial score (nSPS) is 22.9. The van der Waals surface area contributed by atoms with Crippen molar-refractivity contribution in [2.24, 2.45) is 0 Å². The van der Waals surface area contributed by atoms with Crippen LogP contribution in [-0.4, -0.2) is 53.5 Å². The van der Waals surface area contributed by atoms with Crippen LogP contribution in [0.3, 0.4) is 0 Å². The van der Waals surface area contributed by atoms with Crippen LogP contribution >= 0.6 is 0 Å². The lowest BCUT2D eigenvalue weighted by atomic mass is 10.2. The van der Waals surface area contributed by atoms with E-state index >= 15 is 0 Å². The summed E-state index contributed by atoms with van der Waals surface area (Å²) in [4.78, 5) is 11.1. The maximum atomic E-state index is 9.30. The standard InChI is InChI=1S/C14H24N4O2/c1-4-5-15-14-16-10(2)6-13(17-14)18-7-11(3)20-12(8-18)9-19/h6,11-12,19H,4-5,7-9H2,1-3H3,(H,15,16,17). The van der Waals surface area contributed by atoms with Gasteiger partial charge in [-0.2, -0.15) is 4.98 Å². The Morgan fingerprint density at radius 2 is 2.25 bits per heavy atom. The third-order valence-electron chi connectivity index (χ3n) is 3.23. The zero-order chi connectivity index (χ0) is 14.5. The number of aryl methyl sites for hydroxylation is 1. The van der Waals surface area contributed by atoms with E-state index in [1.165, 1.54) is 0 Å². The highest BCUT2D eigenvalue weighted by Gasteiger charge is 2.26. The zero-order valence-corrected chi connectivity index (χ0v) is 12.5. The molecule has 6 nitrogen and oxygen atoms in total. The van der Waals surface area contributed by atoms with Crippen LogP contribution in [0.2, 0.25) is 0 Å². The molecule has 20 heavy (non-hydrogen) atoms. The van der Waals surface area contributed by atoms with E-state index in [2.05, 4.69) is 27.1 Å². The van der Waals surface area contributed by atoms with E-state index in [-0.39, 0.29) is 18.8 Å². The fourth-order valence-electron chi connectivity index (χ4n) is 2.36. The lowest BCUT2D eigenvalue weighted by molar-refractivity contribution is -0.0423. The van der Waals surface area contributed by atoms with Crippen LogP contribution in [0.25, 0.3) is 0 Å². The molecule has 0 radical (unpaired) electrons. The van der Waals surface area contributed by atoms with E-state index in [4.69, 9.17) is 4.74 Å². The maximum Gasteiger partial charge on any atom is 0.224 e. The molecule has 1 aliphatic heterocycles. The molecule has 1 saturated heterocycles. The lowest BCUT2D eigenvalue weighted by Gasteiger charge is -2.36. The van der Waals surface area contributed by atoms with E-state index in [0.29, 0.717) is 12.5 Å². The largest absolute Gasteiger partial charge is 0.394 e. The Morgan fingerprint density at radius 3 is 2.95 bits per heavy atom. The second-order valence-corrected chi connectivity index (χ2v) is 5.27. The second kappa shape index (κ2) is 6.85. The number of nitrogens with one attached hydrogen (secondary N) is 1. The van der Waals surface area contributed by atoms with Crippen molar-refractivity contribution in [3.63, 3.8) is 0 Å². The van der Waals surface area contributed by atoms with Gasteiger partial charge in [0, 0.05) is 31.4 Å². The van der Waals surface area contributed by atoms with Crippen LogP contribution in [0.1, 0.15) is 26.0 Å². The Morgan fingerprint density at radius 1 is 1.45 bits per heavy atom. The maximum absolute atomic E-state index is 9.30. The third kappa shape index (κ3) is 3.80. The monoisotopic (exact) mass is 280 g/mol. The molecule has 0 saturated carbocycles. The van der Waals surface area contributed by atoms with Gasteiger partial charge in [0.15, 0.2) is 0 Å². The average Bonchev–Trinajstić information content (AvgIpc) is 2.43. The topological polar surface area (TPSA) is 70.5 Å². The van der Waals surface area contributed by atoms with Crippen LogP contribution in [0.15, 0.2) is 6.07 Å². The molecule has 0 aliphatic carbocycles. The first-order valence-corrected chi connectivity index (χ1v) is 7.23. The lowest BCUT2D eigenvalue weighted by Crippen LogP contribution is -2.48. The summed E-state index contributed by atoms with van der Waals surface area (Å²) in [5.74, 6) is 1.56. The molecule has 1 aromatic heterocycles. The van der Waals surface area contributed by atoms with Gasteiger partial charge in [0.1, 0.15) is 5.82 Å². The van der Waals surface area contributed by atoms with Crippen LogP contribution in [0.5, 0.6) is 0 Å². The van der Waals surface area contributed by atoms with Gasteiger partial charge in [0.05, 0.1) is 18.8 Å². The zero-order valence-electron chi connectivity index (χ0n) is 12.5. The first-order valence-electron chi connectivity index (χ1n) is 7.23. The Hall–Kier alpha value is -1.40. The average molecular weight is 280 g/mol. The van der Waals surface area contributed by atoms with Crippen molar-refractivity contribution in [2.75, 3.05) is 36.5 Å². The summed E-state index contributed by atoms with van der Waals surface area (Å²) in [6.45, 7) is 8.42. The molecule has 2 N–H and O–H groups in total. The minimum atomic E-state index is -0.152. The molecule has 1 aliphatic rings. The van der Waals surface area contributed by atoms with E-state index in [1.807, 2.05) is 19.9 Å². The van der Waals surface area contributed by atoms with Gasteiger partial charge in [0.2, 0.25) is 5.95 Å². The molecule has 112 valence electrons. The Labute approximate surface area is 120 Å². The molecule has 2 unspecified atom stereocenters. The van der Waals surface area contributed by atoms with Crippen LogP contribution in [0.4, 0.5) is 11.8 Å². The van der Waals surface area contributed by atoms with E-state index < -0.39 is 0 Å². The molecule has 1 fully saturated rings. The number of morpholine rings is 1. The Kier molecular flexibility index (Phi) is 5.14. The fourth-order valence-corrected chi connectivity index (χ4v) is 2.36. The molecule has 0 bridgehead atoms. The minimum Gasteiger partial charge on any atom is -0.394 e. The molecular formula is C14H24N4O2. The van der Waals surface area contributed by atoms with Crippen molar-refractivity contribution in [2.45, 2.75) is 39.4 Å². The Balaban J connectivity index is 2.16. The number of hydrogen-bond acceptors (Lipinski definition) is 6. The first kappa shape index (κ1) is 15.0. The van der Waals surface area contributed by atoms with Gasteiger partial charge in [-0.25, -0.2) is 4.98 Å². The third-order valence-corrected chi connectivity index (χ3v) is 3.23. The number of anilines is 2. The molecule has 2 heterocycles. The number of nitrogens with zero attached hydrogens (tertiary/aromatic N) is 3. The first-order chi connectivity index (χ1) is 9.62. The predicted molar refractivity (Wildman–Crippen MR) is 79.2 cm³/mol. The van der Waals surface area contributed by atoms with Gasteiger partial charge in [-0.05, 0) is 20.3 Å². The molecule has 1 aromatic rings. The van der Waals surface area contributed by atoms with E-state index in [0.717, 1.165) is 31.0 Å². The number of aliphatic hydroxyl groups is 1. The van der Waals surface area contributed by atoms with Gasteiger partial charge >= 0.3 is 0 Å². The quantitative estimate of drug-likeness (QED) is 0.844. The summed E-state index contributed by atoms with van der Waals surface area (Å²) in [5, 5.41) is 12.5. The number of ether oxygens (including phenoxy) is 1. The van der Waals surface area contributed by atoms with Crippen molar-refractivity contribution in [3.8, 4) is 0 Å². The molecule has 0 aromatic carbocycles. The van der Waals surface area contributed by atoms with Gasteiger partial charge in [0.25, 0.3) is 0 Å². The van der Waals surface area contributed by atoms with E-state index in [1.54, 1.807) is 0 Å². The molecular weight excluding hydrogens is 256 g/mol. The van der Waals surface area contributed by atoms with Gasteiger partial charge < -0.3 is 20.1 Å². The molecule has 2 atom stereocenters. The summed E-state index contributed by atoms with van der Waals surface area (Å²) in [6.07, 6.45) is 0.970. The molecule has 6 heteroatoms. The highest BCUT2D eigenvalue weighted by atomic mass is 16.5. The minimum absolute atomic E-state index is 0.0336. The number of rotatable bonds is 5. The van der Waals surface area contributed by atoms with Crippen molar-refractivity contribution >= 4 is 11.8 Å². The fraction of sp³-hybridized carbons (Fsp3) is 0.714. The van der Waals surface area contributed by atoms with Crippen LogP contribution < -0.4 is 10.2 Å². The van der Waals surface area contributed by atoms with Gasteiger partial charge in [-0.15, -0.1) is 0 Å². The van der Waals surface area contributed by atoms with Crippen molar-refractivity contribution in [1.82, 2.24) is 9.97 Å². The van der Waals surface area contributed by atoms with Gasteiger partial charge in [-0.3, -0.25) is 0 Å². The number of hydrogen-bond donors (Lipinski definition) is 2.